The molecule has 1 aliphatic rings. The van der Waals surface area contributed by atoms with E-state index in [9.17, 15) is 9.18 Å². The first-order valence-electron chi connectivity index (χ1n) is 10.7. The molecule has 2 aromatic heterocycles. The van der Waals surface area contributed by atoms with Gasteiger partial charge in [-0.05, 0) is 54.3 Å². The lowest BCUT2D eigenvalue weighted by molar-refractivity contribution is 0.0764. The molecular weight excluding hydrogens is 419 g/mol. The van der Waals surface area contributed by atoms with Crippen molar-refractivity contribution < 1.29 is 13.9 Å². The summed E-state index contributed by atoms with van der Waals surface area (Å²) in [4.78, 5) is 19.2. The molecular formula is C26H23FN4O2. The van der Waals surface area contributed by atoms with Crippen LogP contribution in [0.3, 0.4) is 0 Å². The van der Waals surface area contributed by atoms with Crippen molar-refractivity contribution in [2.75, 3.05) is 0 Å². The number of rotatable bonds is 5. The predicted molar refractivity (Wildman–Crippen MR) is 122 cm³/mol. The van der Waals surface area contributed by atoms with Crippen molar-refractivity contribution in [1.82, 2.24) is 19.7 Å². The number of fused-ring (bicyclic) bond motifs is 1. The van der Waals surface area contributed by atoms with Crippen LogP contribution in [-0.4, -0.2) is 25.6 Å². The number of nitrogens with zero attached hydrogens (tertiary/aromatic N) is 4. The standard InChI is InChI=1S/C26H23FN4O2/c1-16-12-17(2)24(21(27)13-16)33-25-23-20(8-10-28-25)15-31(26(23)32)14-18-4-6-19(7-5-18)22-9-11-30(3)29-22/h4-13H,14-15H2,1-3H3. The average Bonchev–Trinajstić information content (AvgIpc) is 3.35. The summed E-state index contributed by atoms with van der Waals surface area (Å²) in [6.45, 7) is 4.50. The summed E-state index contributed by atoms with van der Waals surface area (Å²) in [5.41, 5.74) is 5.60. The van der Waals surface area contributed by atoms with Crippen LogP contribution >= 0.6 is 0 Å². The summed E-state index contributed by atoms with van der Waals surface area (Å²) in [7, 11) is 1.88. The Balaban J connectivity index is 1.36. The zero-order valence-corrected chi connectivity index (χ0v) is 18.7. The zero-order valence-electron chi connectivity index (χ0n) is 18.7. The second-order valence-electron chi connectivity index (χ2n) is 8.38. The topological polar surface area (TPSA) is 60.2 Å². The van der Waals surface area contributed by atoms with Gasteiger partial charge in [0.2, 0.25) is 5.88 Å². The highest BCUT2D eigenvalue weighted by Gasteiger charge is 2.32. The third-order valence-electron chi connectivity index (χ3n) is 5.77. The molecule has 0 radical (unpaired) electrons. The van der Waals surface area contributed by atoms with E-state index in [4.69, 9.17) is 4.74 Å². The maximum Gasteiger partial charge on any atom is 0.260 e. The van der Waals surface area contributed by atoms with Gasteiger partial charge in [-0.15, -0.1) is 0 Å². The minimum atomic E-state index is -0.470. The quantitative estimate of drug-likeness (QED) is 0.427. The molecule has 0 fully saturated rings. The van der Waals surface area contributed by atoms with Crippen molar-refractivity contribution in [1.29, 1.82) is 0 Å². The Kier molecular flexibility index (Phi) is 5.17. The molecule has 33 heavy (non-hydrogen) atoms. The van der Waals surface area contributed by atoms with E-state index in [0.717, 1.165) is 27.9 Å². The van der Waals surface area contributed by atoms with E-state index in [2.05, 4.69) is 10.1 Å². The largest absolute Gasteiger partial charge is 0.435 e. The smallest absolute Gasteiger partial charge is 0.260 e. The number of aromatic nitrogens is 3. The van der Waals surface area contributed by atoms with Crippen molar-refractivity contribution in [2.45, 2.75) is 26.9 Å². The molecule has 0 bridgehead atoms. The Morgan fingerprint density at radius 3 is 2.58 bits per heavy atom. The van der Waals surface area contributed by atoms with Gasteiger partial charge in [0.25, 0.3) is 5.91 Å². The highest BCUT2D eigenvalue weighted by atomic mass is 19.1. The molecule has 0 atom stereocenters. The Bertz CT molecular complexity index is 1340. The maximum absolute atomic E-state index is 14.5. The number of pyridine rings is 1. The van der Waals surface area contributed by atoms with Gasteiger partial charge >= 0.3 is 0 Å². The average molecular weight is 442 g/mol. The third-order valence-corrected chi connectivity index (χ3v) is 5.77. The lowest BCUT2D eigenvalue weighted by atomic mass is 10.1. The van der Waals surface area contributed by atoms with E-state index in [1.807, 2.05) is 62.6 Å². The number of halogens is 1. The van der Waals surface area contributed by atoms with Crippen molar-refractivity contribution in [3.05, 3.63) is 94.6 Å². The summed E-state index contributed by atoms with van der Waals surface area (Å²) >= 11 is 0. The molecule has 6 nitrogen and oxygen atoms in total. The molecule has 1 aliphatic heterocycles. The van der Waals surface area contributed by atoms with Gasteiger partial charge in [0.15, 0.2) is 11.6 Å². The Morgan fingerprint density at radius 1 is 1.09 bits per heavy atom. The summed E-state index contributed by atoms with van der Waals surface area (Å²) in [6.07, 6.45) is 3.50. The van der Waals surface area contributed by atoms with Crippen molar-refractivity contribution in [3.8, 4) is 22.9 Å². The number of aryl methyl sites for hydroxylation is 3. The normalized spacial score (nSPS) is 12.8. The number of ether oxygens (including phenoxy) is 1. The summed E-state index contributed by atoms with van der Waals surface area (Å²) in [5, 5.41) is 4.42. The third kappa shape index (κ3) is 3.98. The van der Waals surface area contributed by atoms with Crippen molar-refractivity contribution in [2.24, 2.45) is 7.05 Å². The Morgan fingerprint density at radius 2 is 1.88 bits per heavy atom. The van der Waals surface area contributed by atoms with Gasteiger partial charge in [0, 0.05) is 38.1 Å². The fraction of sp³-hybridized carbons (Fsp3) is 0.192. The van der Waals surface area contributed by atoms with E-state index in [0.29, 0.717) is 24.2 Å². The van der Waals surface area contributed by atoms with Crippen LogP contribution in [0.4, 0.5) is 4.39 Å². The van der Waals surface area contributed by atoms with Gasteiger partial charge in [-0.3, -0.25) is 9.48 Å². The maximum atomic E-state index is 14.5. The van der Waals surface area contributed by atoms with E-state index in [1.54, 1.807) is 22.7 Å². The molecule has 4 aromatic rings. The van der Waals surface area contributed by atoms with Gasteiger partial charge in [-0.25, -0.2) is 9.37 Å². The fourth-order valence-corrected chi connectivity index (χ4v) is 4.18. The Labute approximate surface area is 191 Å². The van der Waals surface area contributed by atoms with Crippen LogP contribution in [0.1, 0.15) is 32.6 Å². The lowest BCUT2D eigenvalue weighted by Crippen LogP contribution is -2.23. The van der Waals surface area contributed by atoms with E-state index in [-0.39, 0.29) is 17.5 Å². The molecule has 3 heterocycles. The van der Waals surface area contributed by atoms with Crippen LogP contribution in [-0.2, 0) is 20.1 Å². The summed E-state index contributed by atoms with van der Waals surface area (Å²) in [5.74, 6) is -0.413. The monoisotopic (exact) mass is 442 g/mol. The van der Waals surface area contributed by atoms with Gasteiger partial charge in [0.1, 0.15) is 5.56 Å². The lowest BCUT2D eigenvalue weighted by Gasteiger charge is -2.16. The molecule has 0 spiro atoms. The number of benzene rings is 2. The highest BCUT2D eigenvalue weighted by molar-refractivity contribution is 6.00. The first-order valence-corrected chi connectivity index (χ1v) is 10.7. The molecule has 7 heteroatoms. The summed E-state index contributed by atoms with van der Waals surface area (Å²) < 4.78 is 22.1. The van der Waals surface area contributed by atoms with Gasteiger partial charge in [-0.1, -0.05) is 30.3 Å². The van der Waals surface area contributed by atoms with Crippen molar-refractivity contribution in [3.63, 3.8) is 0 Å². The molecule has 1 amide bonds. The molecule has 5 rings (SSSR count). The SMILES string of the molecule is Cc1cc(C)c(Oc2nccc3c2C(=O)N(Cc2ccc(-c4ccn(C)n4)cc2)C3)c(F)c1. The molecule has 2 aromatic carbocycles. The molecule has 0 saturated heterocycles. The van der Waals surface area contributed by atoms with Crippen LogP contribution < -0.4 is 4.74 Å². The van der Waals surface area contributed by atoms with Crippen LogP contribution in [0.15, 0.2) is 60.9 Å². The van der Waals surface area contributed by atoms with Crippen molar-refractivity contribution >= 4 is 5.91 Å². The van der Waals surface area contributed by atoms with E-state index < -0.39 is 5.82 Å². The Hall–Kier alpha value is -4.00. The second kappa shape index (κ2) is 8.16. The molecule has 0 unspecified atom stereocenters. The minimum Gasteiger partial charge on any atom is -0.435 e. The molecule has 0 saturated carbocycles. The molecule has 0 N–H and O–H groups in total. The molecule has 166 valence electrons. The predicted octanol–water partition coefficient (Wildman–Crippen LogP) is 5.19. The van der Waals surface area contributed by atoms with Gasteiger partial charge in [0.05, 0.1) is 5.69 Å². The van der Waals surface area contributed by atoms with Gasteiger partial charge < -0.3 is 9.64 Å². The van der Waals surface area contributed by atoms with Crippen LogP contribution in [0.25, 0.3) is 11.3 Å². The first-order chi connectivity index (χ1) is 15.9. The van der Waals surface area contributed by atoms with Crippen LogP contribution in [0.5, 0.6) is 11.6 Å². The number of carbonyl (C=O) groups is 1. The second-order valence-corrected chi connectivity index (χ2v) is 8.38. The van der Waals surface area contributed by atoms with Gasteiger partial charge in [-0.2, -0.15) is 5.10 Å². The highest BCUT2D eigenvalue weighted by Crippen LogP contribution is 2.35. The number of hydrogen-bond acceptors (Lipinski definition) is 4. The van der Waals surface area contributed by atoms with E-state index in [1.165, 1.54) is 6.07 Å². The fourth-order valence-electron chi connectivity index (χ4n) is 4.18. The number of amides is 1. The summed E-state index contributed by atoms with van der Waals surface area (Å²) in [6, 6.07) is 15.0. The molecule has 0 aliphatic carbocycles. The minimum absolute atomic E-state index is 0.0952. The van der Waals surface area contributed by atoms with E-state index >= 15 is 0 Å². The van der Waals surface area contributed by atoms with Crippen LogP contribution in [0.2, 0.25) is 0 Å². The zero-order chi connectivity index (χ0) is 23.1. The van der Waals surface area contributed by atoms with Crippen LogP contribution in [0, 0.1) is 19.7 Å². The number of carbonyl (C=O) groups excluding carboxylic acids is 1. The first kappa shape index (κ1) is 20.9. The number of hydrogen-bond donors (Lipinski definition) is 0.